The molecule has 0 saturated carbocycles. The highest BCUT2D eigenvalue weighted by atomic mass is 15.1. The van der Waals surface area contributed by atoms with Crippen LogP contribution in [0.3, 0.4) is 0 Å². The van der Waals surface area contributed by atoms with Gasteiger partial charge in [0.1, 0.15) is 0 Å². The van der Waals surface area contributed by atoms with Gasteiger partial charge >= 0.3 is 0 Å². The molecular weight excluding hydrogens is 679 g/mol. The van der Waals surface area contributed by atoms with E-state index in [1.807, 2.05) is 0 Å². The Morgan fingerprint density at radius 3 is 2.14 bits per heavy atom. The summed E-state index contributed by atoms with van der Waals surface area (Å²) < 4.78 is 4.85. The minimum absolute atomic E-state index is 0.0493. The highest BCUT2D eigenvalue weighted by Gasteiger charge is 2.37. The molecule has 0 fully saturated rings. The van der Waals surface area contributed by atoms with Crippen LogP contribution in [0.15, 0.2) is 182 Å². The van der Waals surface area contributed by atoms with Gasteiger partial charge in [0.25, 0.3) is 0 Å². The molecule has 0 saturated heterocycles. The van der Waals surface area contributed by atoms with E-state index in [4.69, 9.17) is 0 Å². The Bertz CT molecular complexity index is 3240. The molecule has 12 rings (SSSR count). The summed E-state index contributed by atoms with van der Waals surface area (Å²) in [5.41, 5.74) is 17.8. The van der Waals surface area contributed by atoms with Crippen LogP contribution in [0.4, 0.5) is 17.1 Å². The van der Waals surface area contributed by atoms with Crippen LogP contribution in [-0.2, 0) is 5.41 Å². The van der Waals surface area contributed by atoms with Gasteiger partial charge in [-0.2, -0.15) is 0 Å². The maximum absolute atomic E-state index is 2.49. The molecule has 3 aromatic heterocycles. The highest BCUT2D eigenvalue weighted by Crippen LogP contribution is 2.52. The first-order valence-electron chi connectivity index (χ1n) is 19.8. The smallest absolute Gasteiger partial charge is 0.0641 e. The van der Waals surface area contributed by atoms with Gasteiger partial charge in [0.05, 0.1) is 22.1 Å². The molecule has 0 amide bonds. The van der Waals surface area contributed by atoms with Gasteiger partial charge in [0.2, 0.25) is 0 Å². The van der Waals surface area contributed by atoms with Crippen LogP contribution < -0.4 is 4.90 Å². The van der Waals surface area contributed by atoms with Gasteiger partial charge in [0, 0.05) is 61.3 Å². The molecule has 56 heavy (non-hydrogen) atoms. The molecule has 0 unspecified atom stereocenters. The van der Waals surface area contributed by atoms with E-state index >= 15 is 0 Å². The normalized spacial score (nSPS) is 14.8. The SMILES string of the molecule is CC1(C)C2=C(CCC=C2)c2ccc(N(c3ccc(-c4ccccc4)cc3)c3ccc(-n4c5ccccc5c5ccc6c(c7cccc8ccn6c87)c54)cc3)cc21. The summed E-state index contributed by atoms with van der Waals surface area (Å²) in [6.45, 7) is 4.78. The molecule has 3 heterocycles. The fraction of sp³-hybridized carbons (Fsp3) is 0.0943. The van der Waals surface area contributed by atoms with Gasteiger partial charge in [-0.15, -0.1) is 0 Å². The van der Waals surface area contributed by atoms with Crippen molar-refractivity contribution in [1.82, 2.24) is 8.97 Å². The first-order chi connectivity index (χ1) is 27.5. The van der Waals surface area contributed by atoms with Gasteiger partial charge in [0.15, 0.2) is 0 Å². The van der Waals surface area contributed by atoms with Crippen molar-refractivity contribution in [3.63, 3.8) is 0 Å². The highest BCUT2D eigenvalue weighted by molar-refractivity contribution is 6.27. The van der Waals surface area contributed by atoms with E-state index in [0.29, 0.717) is 0 Å². The Hall–Kier alpha value is -6.84. The molecule has 3 heteroatoms. The summed E-state index contributed by atoms with van der Waals surface area (Å²) in [4.78, 5) is 2.43. The van der Waals surface area contributed by atoms with E-state index in [9.17, 15) is 0 Å². The van der Waals surface area contributed by atoms with Crippen LogP contribution in [0.5, 0.6) is 0 Å². The lowest BCUT2D eigenvalue weighted by Gasteiger charge is -2.29. The molecule has 0 bridgehead atoms. The Morgan fingerprint density at radius 2 is 1.30 bits per heavy atom. The molecule has 0 atom stereocenters. The number of aromatic nitrogens is 2. The topological polar surface area (TPSA) is 12.6 Å². The van der Waals surface area contributed by atoms with Crippen molar-refractivity contribution < 1.29 is 0 Å². The third-order valence-electron chi connectivity index (χ3n) is 12.8. The summed E-state index contributed by atoms with van der Waals surface area (Å²) in [5.74, 6) is 0. The fourth-order valence-corrected chi connectivity index (χ4v) is 10.1. The number of hydrogen-bond acceptors (Lipinski definition) is 1. The average Bonchev–Trinajstić information content (AvgIpc) is 3.98. The number of anilines is 3. The second-order valence-electron chi connectivity index (χ2n) is 16.1. The molecule has 3 nitrogen and oxygen atoms in total. The summed E-state index contributed by atoms with van der Waals surface area (Å²) in [5, 5.41) is 6.42. The van der Waals surface area contributed by atoms with E-state index in [0.717, 1.165) is 29.9 Å². The predicted molar refractivity (Wildman–Crippen MR) is 236 cm³/mol. The van der Waals surface area contributed by atoms with Crippen LogP contribution in [0.2, 0.25) is 0 Å². The second kappa shape index (κ2) is 11.6. The van der Waals surface area contributed by atoms with Crippen molar-refractivity contribution in [2.75, 3.05) is 4.90 Å². The zero-order valence-electron chi connectivity index (χ0n) is 31.5. The molecule has 2 aliphatic rings. The van der Waals surface area contributed by atoms with Gasteiger partial charge in [-0.1, -0.05) is 117 Å². The zero-order chi connectivity index (χ0) is 37.1. The second-order valence-corrected chi connectivity index (χ2v) is 16.1. The van der Waals surface area contributed by atoms with Crippen LogP contribution in [0.1, 0.15) is 37.8 Å². The third kappa shape index (κ3) is 4.34. The van der Waals surface area contributed by atoms with Crippen molar-refractivity contribution in [3.05, 3.63) is 193 Å². The largest absolute Gasteiger partial charge is 0.315 e. The number of hydrogen-bond donors (Lipinski definition) is 0. The minimum Gasteiger partial charge on any atom is -0.315 e. The van der Waals surface area contributed by atoms with Crippen molar-refractivity contribution in [2.24, 2.45) is 0 Å². The molecule has 7 aromatic carbocycles. The summed E-state index contributed by atoms with van der Waals surface area (Å²) in [7, 11) is 0. The maximum Gasteiger partial charge on any atom is 0.0641 e. The van der Waals surface area contributed by atoms with E-state index < -0.39 is 0 Å². The quantitative estimate of drug-likeness (QED) is 0.173. The summed E-state index contributed by atoms with van der Waals surface area (Å²) in [6.07, 6.45) is 9.16. The minimum atomic E-state index is -0.0493. The number of rotatable bonds is 5. The summed E-state index contributed by atoms with van der Waals surface area (Å²) >= 11 is 0. The Kier molecular flexibility index (Phi) is 6.52. The predicted octanol–water partition coefficient (Wildman–Crippen LogP) is 14.3. The van der Waals surface area contributed by atoms with E-state index in [2.05, 4.69) is 204 Å². The Balaban J connectivity index is 1.04. The first kappa shape index (κ1) is 31.5. The lowest BCUT2D eigenvalue weighted by atomic mass is 9.80. The van der Waals surface area contributed by atoms with Crippen LogP contribution in [0, 0.1) is 0 Å². The Labute approximate surface area is 326 Å². The number of fused-ring (bicyclic) bond motifs is 9. The van der Waals surface area contributed by atoms with Crippen molar-refractivity contribution in [2.45, 2.75) is 32.1 Å². The van der Waals surface area contributed by atoms with E-state index in [1.165, 1.54) is 88.1 Å². The number of benzene rings is 7. The Morgan fingerprint density at radius 1 is 0.571 bits per heavy atom. The number of para-hydroxylation sites is 2. The van der Waals surface area contributed by atoms with Crippen molar-refractivity contribution in [1.29, 1.82) is 0 Å². The lowest BCUT2D eigenvalue weighted by molar-refractivity contribution is 0.651. The standard InChI is InChI=1S/C53H39N3/c1-53(2)46-17-8-6-14-41(46)42-28-27-40(33-47(42)53)55(37-21-19-35(20-22-37)34-11-4-3-5-12-34)38-23-25-39(26-24-38)56-48-18-9-7-15-43(48)44-29-30-49-50(52(44)56)45-16-10-13-36-31-32-54(49)51(36)45/h3-5,7-13,15-33H,6,14H2,1-2H3. The van der Waals surface area contributed by atoms with Crippen molar-refractivity contribution in [3.8, 4) is 16.8 Å². The number of nitrogens with zero attached hydrogens (tertiary/aromatic N) is 3. The lowest BCUT2D eigenvalue weighted by Crippen LogP contribution is -2.18. The first-order valence-corrected chi connectivity index (χ1v) is 19.8. The molecule has 10 aromatic rings. The van der Waals surface area contributed by atoms with Crippen LogP contribution in [0.25, 0.3) is 71.4 Å². The van der Waals surface area contributed by atoms with Crippen LogP contribution in [-0.4, -0.2) is 8.97 Å². The maximum atomic E-state index is 2.49. The van der Waals surface area contributed by atoms with Crippen LogP contribution >= 0.6 is 0 Å². The van der Waals surface area contributed by atoms with E-state index in [-0.39, 0.29) is 5.41 Å². The van der Waals surface area contributed by atoms with Gasteiger partial charge < -0.3 is 13.9 Å². The van der Waals surface area contributed by atoms with Gasteiger partial charge in [-0.05, 0) is 113 Å². The molecule has 266 valence electrons. The van der Waals surface area contributed by atoms with E-state index in [1.54, 1.807) is 0 Å². The van der Waals surface area contributed by atoms with Gasteiger partial charge in [-0.3, -0.25) is 0 Å². The molecule has 0 N–H and O–H groups in total. The molecule has 0 aliphatic heterocycles. The fourth-order valence-electron chi connectivity index (χ4n) is 10.1. The molecule has 2 aliphatic carbocycles. The van der Waals surface area contributed by atoms with Gasteiger partial charge in [-0.25, -0.2) is 0 Å². The molecular formula is C53H39N3. The molecule has 0 radical (unpaired) electrons. The molecule has 0 spiro atoms. The summed E-state index contributed by atoms with van der Waals surface area (Å²) in [6, 6.07) is 58.5. The average molecular weight is 718 g/mol. The monoisotopic (exact) mass is 717 g/mol. The third-order valence-corrected chi connectivity index (χ3v) is 12.8. The zero-order valence-corrected chi connectivity index (χ0v) is 31.5. The van der Waals surface area contributed by atoms with Crippen molar-refractivity contribution >= 4 is 71.6 Å². The number of allylic oxidation sites excluding steroid dienone is 4.